The summed E-state index contributed by atoms with van der Waals surface area (Å²) >= 11 is 0. The number of phenols is 1. The van der Waals surface area contributed by atoms with Crippen LogP contribution in [-0.4, -0.2) is 15.2 Å². The highest BCUT2D eigenvalue weighted by Gasteiger charge is 2.43. The third-order valence-electron chi connectivity index (χ3n) is 3.28. The molecule has 1 heterocycles. The normalized spacial score (nSPS) is 21.0. The third-order valence-corrected chi connectivity index (χ3v) is 3.28. The monoisotopic (exact) mass is 295 g/mol. The van der Waals surface area contributed by atoms with E-state index in [1.165, 1.54) is 6.07 Å². The maximum atomic E-state index is 12.7. The minimum absolute atomic E-state index is 0.000843. The van der Waals surface area contributed by atoms with Gasteiger partial charge in [-0.25, -0.2) is 0 Å². The second kappa shape index (κ2) is 4.48. The van der Waals surface area contributed by atoms with E-state index in [9.17, 15) is 18.3 Å². The number of hydrogen-bond donors (Lipinski definition) is 1. The van der Waals surface area contributed by atoms with Crippen LogP contribution in [0.15, 0.2) is 22.7 Å². The van der Waals surface area contributed by atoms with Crippen molar-refractivity contribution in [3.63, 3.8) is 0 Å². The van der Waals surface area contributed by atoms with Crippen molar-refractivity contribution in [1.29, 1.82) is 5.26 Å². The zero-order valence-electron chi connectivity index (χ0n) is 10.4. The first-order valence-electron chi connectivity index (χ1n) is 6.04. The van der Waals surface area contributed by atoms with Crippen molar-refractivity contribution >= 4 is 0 Å². The average molecular weight is 295 g/mol. The van der Waals surface area contributed by atoms with Crippen molar-refractivity contribution < 1.29 is 22.8 Å². The topological polar surface area (TPSA) is 82.9 Å². The zero-order valence-corrected chi connectivity index (χ0v) is 10.4. The Hall–Kier alpha value is -2.56. The minimum atomic E-state index is -4.67. The molecule has 2 unspecified atom stereocenters. The molecule has 8 heteroatoms. The van der Waals surface area contributed by atoms with Gasteiger partial charge in [-0.3, -0.25) is 0 Å². The molecule has 1 aliphatic rings. The number of hydrogen-bond acceptors (Lipinski definition) is 5. The van der Waals surface area contributed by atoms with Crippen LogP contribution in [0.25, 0.3) is 11.4 Å². The molecule has 1 saturated carbocycles. The van der Waals surface area contributed by atoms with Gasteiger partial charge in [0.25, 0.3) is 0 Å². The predicted molar refractivity (Wildman–Crippen MR) is 62.9 cm³/mol. The Labute approximate surface area is 116 Å². The number of alkyl halides is 3. The first-order valence-corrected chi connectivity index (χ1v) is 6.04. The standard InChI is InChI=1S/C13H8F3N3O2/c14-13(15,16)9-4-6(1-2-10(9)20)11-18-12(21-19-11)8-3-7(8)5-17/h1-2,4,7-8,20H,3H2. The van der Waals surface area contributed by atoms with Crippen LogP contribution in [0.3, 0.4) is 0 Å². The van der Waals surface area contributed by atoms with Gasteiger partial charge in [-0.15, -0.1) is 0 Å². The van der Waals surface area contributed by atoms with E-state index in [2.05, 4.69) is 16.2 Å². The van der Waals surface area contributed by atoms with Crippen LogP contribution in [0.1, 0.15) is 23.8 Å². The van der Waals surface area contributed by atoms with Crippen molar-refractivity contribution in [3.05, 3.63) is 29.7 Å². The van der Waals surface area contributed by atoms with Gasteiger partial charge in [0.1, 0.15) is 5.75 Å². The summed E-state index contributed by atoms with van der Waals surface area (Å²) in [5.74, 6) is -0.932. The highest BCUT2D eigenvalue weighted by molar-refractivity contribution is 5.58. The Kier molecular flexibility index (Phi) is 2.86. The summed E-state index contributed by atoms with van der Waals surface area (Å²) in [7, 11) is 0. The van der Waals surface area contributed by atoms with Crippen molar-refractivity contribution in [2.45, 2.75) is 18.5 Å². The molecule has 0 spiro atoms. The molecule has 0 bridgehead atoms. The highest BCUT2D eigenvalue weighted by atomic mass is 19.4. The molecule has 1 aromatic heterocycles. The van der Waals surface area contributed by atoms with Crippen molar-refractivity contribution in [2.75, 3.05) is 0 Å². The maximum Gasteiger partial charge on any atom is 0.419 e. The fraction of sp³-hybridized carbons (Fsp3) is 0.308. The summed E-state index contributed by atoms with van der Waals surface area (Å²) in [4.78, 5) is 4.02. The smallest absolute Gasteiger partial charge is 0.419 e. The quantitative estimate of drug-likeness (QED) is 0.920. The second-order valence-electron chi connectivity index (χ2n) is 4.76. The summed E-state index contributed by atoms with van der Waals surface area (Å²) in [6, 6.07) is 5.03. The number of nitriles is 1. The van der Waals surface area contributed by atoms with E-state index in [0.29, 0.717) is 6.42 Å². The van der Waals surface area contributed by atoms with E-state index in [4.69, 9.17) is 9.78 Å². The lowest BCUT2D eigenvalue weighted by molar-refractivity contribution is -0.138. The summed E-state index contributed by atoms with van der Waals surface area (Å²) in [6.45, 7) is 0. The van der Waals surface area contributed by atoms with Crippen LogP contribution in [-0.2, 0) is 6.18 Å². The van der Waals surface area contributed by atoms with E-state index >= 15 is 0 Å². The second-order valence-corrected chi connectivity index (χ2v) is 4.76. The van der Waals surface area contributed by atoms with Crippen LogP contribution in [0.4, 0.5) is 13.2 Å². The summed E-state index contributed by atoms with van der Waals surface area (Å²) in [5, 5.41) is 21.6. The highest BCUT2D eigenvalue weighted by Crippen LogP contribution is 2.46. The van der Waals surface area contributed by atoms with Crippen molar-refractivity contribution in [1.82, 2.24) is 10.1 Å². The Balaban J connectivity index is 1.93. The molecular weight excluding hydrogens is 287 g/mol. The van der Waals surface area contributed by atoms with Crippen LogP contribution < -0.4 is 0 Å². The van der Waals surface area contributed by atoms with Gasteiger partial charge in [0.15, 0.2) is 0 Å². The Morgan fingerprint density at radius 2 is 2.14 bits per heavy atom. The van der Waals surface area contributed by atoms with E-state index in [0.717, 1.165) is 12.1 Å². The Morgan fingerprint density at radius 3 is 2.76 bits per heavy atom. The van der Waals surface area contributed by atoms with Gasteiger partial charge in [0, 0.05) is 5.56 Å². The Bertz CT molecular complexity index is 733. The molecule has 1 fully saturated rings. The summed E-state index contributed by atoms with van der Waals surface area (Å²) < 4.78 is 43.1. The minimum Gasteiger partial charge on any atom is -0.507 e. The van der Waals surface area contributed by atoms with Crippen LogP contribution >= 0.6 is 0 Å². The number of halogens is 3. The molecule has 3 rings (SSSR count). The van der Waals surface area contributed by atoms with Gasteiger partial charge in [-0.1, -0.05) is 5.16 Å². The number of aromatic nitrogens is 2. The molecule has 2 aromatic rings. The molecule has 108 valence electrons. The lowest BCUT2D eigenvalue weighted by Crippen LogP contribution is -2.05. The molecular formula is C13H8F3N3O2. The van der Waals surface area contributed by atoms with Crippen LogP contribution in [0.2, 0.25) is 0 Å². The van der Waals surface area contributed by atoms with Gasteiger partial charge in [-0.05, 0) is 24.6 Å². The molecule has 0 aliphatic heterocycles. The number of aromatic hydroxyl groups is 1. The summed E-state index contributed by atoms with van der Waals surface area (Å²) in [5.41, 5.74) is -1.07. The molecule has 1 aromatic carbocycles. The zero-order chi connectivity index (χ0) is 15.2. The number of nitrogens with zero attached hydrogens (tertiary/aromatic N) is 3. The number of phenolic OH excluding ortho intramolecular Hbond substituents is 1. The van der Waals surface area contributed by atoms with Crippen LogP contribution in [0, 0.1) is 17.2 Å². The molecule has 0 amide bonds. The summed E-state index contributed by atoms with van der Waals surface area (Å²) in [6.07, 6.45) is -4.06. The Morgan fingerprint density at radius 1 is 1.38 bits per heavy atom. The molecule has 0 radical (unpaired) electrons. The van der Waals surface area contributed by atoms with Crippen LogP contribution in [0.5, 0.6) is 5.75 Å². The van der Waals surface area contributed by atoms with Crippen molar-refractivity contribution in [2.24, 2.45) is 5.92 Å². The SMILES string of the molecule is N#CC1CC1c1nc(-c2ccc(O)c(C(F)(F)F)c2)no1. The van der Waals surface area contributed by atoms with Gasteiger partial charge in [-0.2, -0.15) is 23.4 Å². The molecule has 1 N–H and O–H groups in total. The average Bonchev–Trinajstić information content (AvgIpc) is 3.06. The lowest BCUT2D eigenvalue weighted by atomic mass is 10.1. The fourth-order valence-corrected chi connectivity index (χ4v) is 2.02. The van der Waals surface area contributed by atoms with E-state index in [1.54, 1.807) is 0 Å². The van der Waals surface area contributed by atoms with E-state index in [-0.39, 0.29) is 29.1 Å². The molecule has 2 atom stereocenters. The van der Waals surface area contributed by atoms with Gasteiger partial charge >= 0.3 is 6.18 Å². The van der Waals surface area contributed by atoms with Crippen molar-refractivity contribution in [3.8, 4) is 23.2 Å². The maximum absolute atomic E-state index is 12.7. The molecule has 1 aliphatic carbocycles. The molecule has 5 nitrogen and oxygen atoms in total. The number of rotatable bonds is 2. The first-order chi connectivity index (χ1) is 9.90. The van der Waals surface area contributed by atoms with E-state index in [1.807, 2.05) is 0 Å². The first kappa shape index (κ1) is 13.4. The molecule has 21 heavy (non-hydrogen) atoms. The fourth-order valence-electron chi connectivity index (χ4n) is 2.02. The lowest BCUT2D eigenvalue weighted by Gasteiger charge is -2.09. The predicted octanol–water partition coefficient (Wildman–Crippen LogP) is 3.09. The van der Waals surface area contributed by atoms with E-state index < -0.39 is 17.5 Å². The number of benzene rings is 1. The van der Waals surface area contributed by atoms with Gasteiger partial charge in [0.2, 0.25) is 11.7 Å². The largest absolute Gasteiger partial charge is 0.507 e. The van der Waals surface area contributed by atoms with Gasteiger partial charge < -0.3 is 9.63 Å². The van der Waals surface area contributed by atoms with Gasteiger partial charge in [0.05, 0.1) is 23.5 Å². The molecule has 0 saturated heterocycles. The third kappa shape index (κ3) is 2.42.